The van der Waals surface area contributed by atoms with Crippen molar-refractivity contribution < 1.29 is 4.39 Å². The molecular formula is C18H21BrFN. The average molecular weight is 350 g/mol. The van der Waals surface area contributed by atoms with E-state index in [4.69, 9.17) is 0 Å². The lowest BCUT2D eigenvalue weighted by Gasteiger charge is -2.21. The molecule has 0 spiro atoms. The van der Waals surface area contributed by atoms with Gasteiger partial charge in [-0.1, -0.05) is 36.8 Å². The highest BCUT2D eigenvalue weighted by molar-refractivity contribution is 9.10. The smallest absolute Gasteiger partial charge is 0.137 e. The van der Waals surface area contributed by atoms with Gasteiger partial charge in [-0.2, -0.15) is 0 Å². The first-order valence-corrected chi connectivity index (χ1v) is 8.05. The van der Waals surface area contributed by atoms with Crippen molar-refractivity contribution in [3.8, 4) is 0 Å². The summed E-state index contributed by atoms with van der Waals surface area (Å²) in [7, 11) is 0. The van der Waals surface area contributed by atoms with Crippen LogP contribution in [0.5, 0.6) is 0 Å². The van der Waals surface area contributed by atoms with E-state index >= 15 is 0 Å². The van der Waals surface area contributed by atoms with Crippen LogP contribution in [-0.2, 0) is 6.42 Å². The van der Waals surface area contributed by atoms with E-state index in [1.54, 1.807) is 0 Å². The van der Waals surface area contributed by atoms with Crippen LogP contribution in [0.15, 0.2) is 40.9 Å². The molecule has 1 nitrogen and oxygen atoms in total. The van der Waals surface area contributed by atoms with Gasteiger partial charge in [-0.05, 0) is 71.6 Å². The third kappa shape index (κ3) is 4.14. The molecule has 3 heteroatoms. The Bertz CT molecular complexity index is 625. The summed E-state index contributed by atoms with van der Waals surface area (Å²) in [5.74, 6) is -0.217. The molecule has 21 heavy (non-hydrogen) atoms. The fourth-order valence-corrected chi connectivity index (χ4v) is 3.00. The summed E-state index contributed by atoms with van der Waals surface area (Å²) >= 11 is 3.26. The number of rotatable bonds is 5. The average Bonchev–Trinajstić information content (AvgIpc) is 2.45. The van der Waals surface area contributed by atoms with Crippen molar-refractivity contribution in [1.82, 2.24) is 5.32 Å². The molecule has 0 aliphatic heterocycles. The van der Waals surface area contributed by atoms with E-state index in [-0.39, 0.29) is 11.9 Å². The Labute approximate surface area is 134 Å². The Balaban J connectivity index is 2.30. The number of benzene rings is 2. The summed E-state index contributed by atoms with van der Waals surface area (Å²) in [4.78, 5) is 0. The largest absolute Gasteiger partial charge is 0.310 e. The predicted octanol–water partition coefficient (Wildman–Crippen LogP) is 5.10. The summed E-state index contributed by atoms with van der Waals surface area (Å²) in [6.07, 6.45) is 0.844. The summed E-state index contributed by atoms with van der Waals surface area (Å²) < 4.78 is 13.9. The van der Waals surface area contributed by atoms with E-state index < -0.39 is 0 Å². The van der Waals surface area contributed by atoms with Gasteiger partial charge in [-0.3, -0.25) is 0 Å². The normalized spacial score (nSPS) is 12.4. The van der Waals surface area contributed by atoms with Gasteiger partial charge in [0.05, 0.1) is 4.47 Å². The molecule has 0 heterocycles. The summed E-state index contributed by atoms with van der Waals surface area (Å²) in [6.45, 7) is 7.26. The predicted molar refractivity (Wildman–Crippen MR) is 90.1 cm³/mol. The third-order valence-electron chi connectivity index (χ3n) is 3.68. The van der Waals surface area contributed by atoms with Crippen LogP contribution in [-0.4, -0.2) is 6.54 Å². The Kier molecular flexibility index (Phi) is 5.54. The van der Waals surface area contributed by atoms with E-state index in [1.165, 1.54) is 22.8 Å². The molecule has 1 N–H and O–H groups in total. The Morgan fingerprint density at radius 3 is 2.57 bits per heavy atom. The first-order chi connectivity index (χ1) is 10.0. The maximum absolute atomic E-state index is 13.4. The fraction of sp³-hybridized carbons (Fsp3) is 0.333. The lowest BCUT2D eigenvalue weighted by molar-refractivity contribution is 0.545. The van der Waals surface area contributed by atoms with Crippen molar-refractivity contribution in [2.45, 2.75) is 33.2 Å². The van der Waals surface area contributed by atoms with Crippen LogP contribution >= 0.6 is 15.9 Å². The third-order valence-corrected chi connectivity index (χ3v) is 4.29. The lowest BCUT2D eigenvalue weighted by atomic mass is 9.94. The molecular weight excluding hydrogens is 329 g/mol. The molecule has 2 aromatic rings. The van der Waals surface area contributed by atoms with Gasteiger partial charge in [0.1, 0.15) is 5.82 Å². The summed E-state index contributed by atoms with van der Waals surface area (Å²) in [6, 6.07) is 12.0. The quantitative estimate of drug-likeness (QED) is 0.791. The van der Waals surface area contributed by atoms with Crippen molar-refractivity contribution in [2.24, 2.45) is 0 Å². The first kappa shape index (κ1) is 16.2. The highest BCUT2D eigenvalue weighted by atomic mass is 79.9. The second kappa shape index (κ2) is 7.19. The molecule has 0 saturated heterocycles. The Morgan fingerprint density at radius 1 is 1.14 bits per heavy atom. The van der Waals surface area contributed by atoms with E-state index in [1.807, 2.05) is 12.1 Å². The van der Waals surface area contributed by atoms with Crippen molar-refractivity contribution in [2.75, 3.05) is 6.54 Å². The Morgan fingerprint density at radius 2 is 1.90 bits per heavy atom. The minimum absolute atomic E-state index is 0.217. The second-order valence-corrected chi connectivity index (χ2v) is 6.28. The minimum Gasteiger partial charge on any atom is -0.310 e. The monoisotopic (exact) mass is 349 g/mol. The van der Waals surface area contributed by atoms with Gasteiger partial charge >= 0.3 is 0 Å². The molecule has 0 fully saturated rings. The number of halogens is 2. The lowest BCUT2D eigenvalue weighted by Crippen LogP contribution is -2.23. The zero-order chi connectivity index (χ0) is 15.4. The standard InChI is InChI=1S/C18H21BrFN/c1-4-21-18(15-9-12(2)5-6-13(15)3)11-14-7-8-17(20)16(19)10-14/h5-10,18,21H,4,11H2,1-3H3. The van der Waals surface area contributed by atoms with Gasteiger partial charge in [0.15, 0.2) is 0 Å². The van der Waals surface area contributed by atoms with Crippen molar-refractivity contribution >= 4 is 15.9 Å². The molecule has 0 saturated carbocycles. The number of nitrogens with one attached hydrogen (secondary N) is 1. The molecule has 1 unspecified atom stereocenters. The number of hydrogen-bond acceptors (Lipinski definition) is 1. The zero-order valence-corrected chi connectivity index (χ0v) is 14.3. The van der Waals surface area contributed by atoms with Crippen molar-refractivity contribution in [3.63, 3.8) is 0 Å². The van der Waals surface area contributed by atoms with Gasteiger partial charge in [0, 0.05) is 6.04 Å². The molecule has 0 radical (unpaired) electrons. The van der Waals surface area contributed by atoms with Crippen LogP contribution in [0.1, 0.15) is 35.2 Å². The number of hydrogen-bond donors (Lipinski definition) is 1. The number of aryl methyl sites for hydroxylation is 2. The van der Waals surface area contributed by atoms with Gasteiger partial charge < -0.3 is 5.32 Å². The SMILES string of the molecule is CCNC(Cc1ccc(F)c(Br)c1)c1cc(C)ccc1C. The van der Waals surface area contributed by atoms with Gasteiger partial charge in [0.25, 0.3) is 0 Å². The van der Waals surface area contributed by atoms with Crippen LogP contribution in [0.2, 0.25) is 0 Å². The van der Waals surface area contributed by atoms with E-state index in [9.17, 15) is 4.39 Å². The molecule has 0 aliphatic rings. The highest BCUT2D eigenvalue weighted by Crippen LogP contribution is 2.25. The van der Waals surface area contributed by atoms with E-state index in [2.05, 4.69) is 60.2 Å². The molecule has 0 amide bonds. The fourth-order valence-electron chi connectivity index (χ4n) is 2.58. The maximum atomic E-state index is 13.4. The van der Waals surface area contributed by atoms with E-state index in [0.29, 0.717) is 4.47 Å². The van der Waals surface area contributed by atoms with Crippen LogP contribution in [0.25, 0.3) is 0 Å². The molecule has 0 aromatic heterocycles. The molecule has 1 atom stereocenters. The summed E-state index contributed by atoms with van der Waals surface area (Å²) in [5, 5.41) is 3.54. The van der Waals surface area contributed by atoms with Crippen LogP contribution in [0.3, 0.4) is 0 Å². The van der Waals surface area contributed by atoms with Crippen molar-refractivity contribution in [3.05, 3.63) is 68.9 Å². The zero-order valence-electron chi connectivity index (χ0n) is 12.7. The van der Waals surface area contributed by atoms with E-state index in [0.717, 1.165) is 18.5 Å². The second-order valence-electron chi connectivity index (χ2n) is 5.42. The molecule has 2 rings (SSSR count). The number of likely N-dealkylation sites (N-methyl/N-ethyl adjacent to an activating group) is 1. The molecule has 0 aliphatic carbocycles. The minimum atomic E-state index is -0.217. The first-order valence-electron chi connectivity index (χ1n) is 7.25. The Hall–Kier alpha value is -1.19. The van der Waals surface area contributed by atoms with Gasteiger partial charge in [-0.25, -0.2) is 4.39 Å². The molecule has 0 bridgehead atoms. The van der Waals surface area contributed by atoms with Crippen LogP contribution in [0.4, 0.5) is 4.39 Å². The summed E-state index contributed by atoms with van der Waals surface area (Å²) in [5.41, 5.74) is 4.99. The van der Waals surface area contributed by atoms with Crippen LogP contribution < -0.4 is 5.32 Å². The maximum Gasteiger partial charge on any atom is 0.137 e. The molecule has 2 aromatic carbocycles. The van der Waals surface area contributed by atoms with Crippen LogP contribution in [0, 0.1) is 19.7 Å². The molecule has 112 valence electrons. The highest BCUT2D eigenvalue weighted by Gasteiger charge is 2.14. The van der Waals surface area contributed by atoms with Gasteiger partial charge in [0.2, 0.25) is 0 Å². The topological polar surface area (TPSA) is 12.0 Å². The van der Waals surface area contributed by atoms with Gasteiger partial charge in [-0.15, -0.1) is 0 Å². The van der Waals surface area contributed by atoms with Crippen molar-refractivity contribution in [1.29, 1.82) is 0 Å².